The second kappa shape index (κ2) is 8.08. The first-order valence-corrected chi connectivity index (χ1v) is 8.39. The zero-order chi connectivity index (χ0) is 20.1. The van der Waals surface area contributed by atoms with Crippen LogP contribution in [0, 0.1) is 0 Å². The molecule has 3 rings (SSSR count). The zero-order valence-corrected chi connectivity index (χ0v) is 14.9. The van der Waals surface area contributed by atoms with E-state index >= 15 is 0 Å². The number of nitrogens with zero attached hydrogens (tertiary/aromatic N) is 3. The van der Waals surface area contributed by atoms with Gasteiger partial charge in [-0.2, -0.15) is 13.2 Å². The second-order valence-electron chi connectivity index (χ2n) is 6.10. The van der Waals surface area contributed by atoms with Gasteiger partial charge in [0.2, 0.25) is 0 Å². The average molecular weight is 386 g/mol. The number of nitrogens with one attached hydrogen (secondary N) is 1. The Morgan fingerprint density at radius 1 is 1.00 bits per heavy atom. The van der Waals surface area contributed by atoms with Gasteiger partial charge in [0.25, 0.3) is 5.91 Å². The molecular formula is C20H17F3N4O. The summed E-state index contributed by atoms with van der Waals surface area (Å²) in [7, 11) is 1.64. The molecule has 2 aromatic carbocycles. The largest absolute Gasteiger partial charge is 0.418 e. The Kier molecular flexibility index (Phi) is 5.58. The van der Waals surface area contributed by atoms with Crippen LogP contribution in [0.3, 0.4) is 0 Å². The van der Waals surface area contributed by atoms with E-state index in [9.17, 15) is 18.0 Å². The summed E-state index contributed by atoms with van der Waals surface area (Å²) >= 11 is 0. The van der Waals surface area contributed by atoms with E-state index in [4.69, 9.17) is 0 Å². The van der Waals surface area contributed by atoms with E-state index in [1.165, 1.54) is 35.5 Å². The van der Waals surface area contributed by atoms with Crippen LogP contribution in [0.5, 0.6) is 0 Å². The smallest absolute Gasteiger partial charge is 0.338 e. The Morgan fingerprint density at radius 2 is 1.68 bits per heavy atom. The minimum Gasteiger partial charge on any atom is -0.338 e. The molecule has 0 aliphatic carbocycles. The number of carbonyl (C=O) groups is 1. The van der Waals surface area contributed by atoms with Gasteiger partial charge in [0.15, 0.2) is 0 Å². The first-order chi connectivity index (χ1) is 13.3. The maximum absolute atomic E-state index is 13.1. The van der Waals surface area contributed by atoms with E-state index in [2.05, 4.69) is 15.3 Å². The summed E-state index contributed by atoms with van der Waals surface area (Å²) in [5.74, 6) is -0.224. The SMILES string of the molecule is CN(Cc1ccccc1)C(=O)c1cnc(Nc2ccccc2C(F)(F)F)cn1. The third-order valence-corrected chi connectivity index (χ3v) is 3.98. The third-order valence-electron chi connectivity index (χ3n) is 3.98. The number of carbonyl (C=O) groups excluding carboxylic acids is 1. The highest BCUT2D eigenvalue weighted by Crippen LogP contribution is 2.35. The van der Waals surface area contributed by atoms with Gasteiger partial charge in [-0.1, -0.05) is 42.5 Å². The van der Waals surface area contributed by atoms with Crippen LogP contribution in [0.15, 0.2) is 67.0 Å². The fourth-order valence-electron chi connectivity index (χ4n) is 2.60. The summed E-state index contributed by atoms with van der Waals surface area (Å²) in [5, 5.41) is 2.60. The van der Waals surface area contributed by atoms with Crippen LogP contribution in [0.25, 0.3) is 0 Å². The maximum Gasteiger partial charge on any atom is 0.418 e. The van der Waals surface area contributed by atoms with Crippen molar-refractivity contribution in [2.45, 2.75) is 12.7 Å². The van der Waals surface area contributed by atoms with Crippen molar-refractivity contribution >= 4 is 17.4 Å². The number of halogens is 3. The topological polar surface area (TPSA) is 58.1 Å². The molecule has 144 valence electrons. The van der Waals surface area contributed by atoms with Crippen LogP contribution >= 0.6 is 0 Å². The van der Waals surface area contributed by atoms with Crippen molar-refractivity contribution in [1.82, 2.24) is 14.9 Å². The monoisotopic (exact) mass is 386 g/mol. The van der Waals surface area contributed by atoms with Crippen LogP contribution in [-0.4, -0.2) is 27.8 Å². The van der Waals surface area contributed by atoms with E-state index in [0.717, 1.165) is 11.6 Å². The third kappa shape index (κ3) is 4.64. The molecule has 0 bridgehead atoms. The van der Waals surface area contributed by atoms with Crippen molar-refractivity contribution in [3.63, 3.8) is 0 Å². The lowest BCUT2D eigenvalue weighted by atomic mass is 10.1. The lowest BCUT2D eigenvalue weighted by molar-refractivity contribution is -0.136. The van der Waals surface area contributed by atoms with Gasteiger partial charge in [-0.05, 0) is 17.7 Å². The van der Waals surface area contributed by atoms with Gasteiger partial charge >= 0.3 is 6.18 Å². The number of benzene rings is 2. The predicted molar refractivity (Wildman–Crippen MR) is 99.0 cm³/mol. The summed E-state index contributed by atoms with van der Waals surface area (Å²) in [4.78, 5) is 22.0. The quantitative estimate of drug-likeness (QED) is 0.701. The summed E-state index contributed by atoms with van der Waals surface area (Å²) in [6, 6.07) is 14.5. The molecule has 0 fully saturated rings. The van der Waals surface area contributed by atoms with E-state index < -0.39 is 11.7 Å². The molecule has 3 aromatic rings. The van der Waals surface area contributed by atoms with Crippen LogP contribution in [0.4, 0.5) is 24.7 Å². The fraction of sp³-hybridized carbons (Fsp3) is 0.150. The van der Waals surface area contributed by atoms with Crippen LogP contribution in [0.2, 0.25) is 0 Å². The van der Waals surface area contributed by atoms with Gasteiger partial charge in [-0.15, -0.1) is 0 Å². The van der Waals surface area contributed by atoms with Crippen molar-refractivity contribution < 1.29 is 18.0 Å². The van der Waals surface area contributed by atoms with Crippen molar-refractivity contribution in [1.29, 1.82) is 0 Å². The summed E-state index contributed by atoms with van der Waals surface area (Å²) in [6.07, 6.45) is -2.02. The molecule has 0 spiro atoms. The maximum atomic E-state index is 13.1. The first kappa shape index (κ1) is 19.3. The summed E-state index contributed by atoms with van der Waals surface area (Å²) in [5.41, 5.74) is 0.130. The Hall–Kier alpha value is -3.42. The van der Waals surface area contributed by atoms with Gasteiger partial charge in [-0.3, -0.25) is 4.79 Å². The van der Waals surface area contributed by atoms with Crippen molar-refractivity contribution in [2.24, 2.45) is 0 Å². The van der Waals surface area contributed by atoms with Crippen molar-refractivity contribution in [2.75, 3.05) is 12.4 Å². The van der Waals surface area contributed by atoms with E-state index in [0.29, 0.717) is 6.54 Å². The highest BCUT2D eigenvalue weighted by molar-refractivity contribution is 5.91. The molecule has 5 nitrogen and oxygen atoms in total. The van der Waals surface area contributed by atoms with Crippen molar-refractivity contribution in [3.8, 4) is 0 Å². The molecule has 8 heteroatoms. The van der Waals surface area contributed by atoms with Gasteiger partial charge in [0.1, 0.15) is 11.5 Å². The number of para-hydroxylation sites is 1. The summed E-state index contributed by atoms with van der Waals surface area (Å²) < 4.78 is 39.2. The lowest BCUT2D eigenvalue weighted by Gasteiger charge is -2.17. The number of alkyl halides is 3. The highest BCUT2D eigenvalue weighted by Gasteiger charge is 2.33. The molecular weight excluding hydrogens is 369 g/mol. The van der Waals surface area contributed by atoms with Gasteiger partial charge in [-0.25, -0.2) is 9.97 Å². The van der Waals surface area contributed by atoms with Crippen LogP contribution < -0.4 is 5.32 Å². The van der Waals surface area contributed by atoms with Crippen LogP contribution in [0.1, 0.15) is 21.6 Å². The Labute approximate surface area is 159 Å². The van der Waals surface area contributed by atoms with E-state index in [1.807, 2.05) is 30.3 Å². The van der Waals surface area contributed by atoms with Crippen LogP contribution in [-0.2, 0) is 12.7 Å². The molecule has 28 heavy (non-hydrogen) atoms. The zero-order valence-electron chi connectivity index (χ0n) is 14.9. The van der Waals surface area contributed by atoms with Gasteiger partial charge < -0.3 is 10.2 Å². The molecule has 0 atom stereocenters. The van der Waals surface area contributed by atoms with E-state index in [-0.39, 0.29) is 23.1 Å². The number of hydrogen-bond acceptors (Lipinski definition) is 4. The van der Waals surface area contributed by atoms with Crippen molar-refractivity contribution in [3.05, 3.63) is 83.8 Å². The lowest BCUT2D eigenvalue weighted by Crippen LogP contribution is -2.27. The Balaban J connectivity index is 1.71. The second-order valence-corrected chi connectivity index (χ2v) is 6.10. The highest BCUT2D eigenvalue weighted by atomic mass is 19.4. The Bertz CT molecular complexity index is 944. The predicted octanol–water partition coefficient (Wildman–Crippen LogP) is 4.51. The molecule has 0 saturated heterocycles. The molecule has 0 aliphatic rings. The average Bonchev–Trinajstić information content (AvgIpc) is 2.68. The molecule has 1 amide bonds. The molecule has 1 heterocycles. The number of anilines is 2. The first-order valence-electron chi connectivity index (χ1n) is 8.39. The molecule has 1 N–H and O–H groups in total. The molecule has 1 aromatic heterocycles. The number of amides is 1. The van der Waals surface area contributed by atoms with Gasteiger partial charge in [0, 0.05) is 13.6 Å². The summed E-state index contributed by atoms with van der Waals surface area (Å²) in [6.45, 7) is 0.403. The molecule has 0 saturated carbocycles. The minimum absolute atomic E-state index is 0.105. The number of rotatable bonds is 5. The molecule has 0 aliphatic heterocycles. The minimum atomic E-state index is -4.49. The normalized spacial score (nSPS) is 11.1. The standard InChI is InChI=1S/C20H17F3N4O/c1-27(13-14-7-3-2-4-8-14)19(28)17-11-25-18(12-24-17)26-16-10-6-5-9-15(16)20(21,22)23/h2-12H,13H2,1H3,(H,25,26). The molecule has 0 radical (unpaired) electrons. The number of hydrogen-bond donors (Lipinski definition) is 1. The molecule has 0 unspecified atom stereocenters. The fourth-order valence-corrected chi connectivity index (χ4v) is 2.60. The van der Waals surface area contributed by atoms with E-state index in [1.54, 1.807) is 7.05 Å². The van der Waals surface area contributed by atoms with Gasteiger partial charge in [0.05, 0.1) is 23.6 Å². The Morgan fingerprint density at radius 3 is 2.32 bits per heavy atom. The number of aromatic nitrogens is 2.